The van der Waals surface area contributed by atoms with Gasteiger partial charge in [0, 0.05) is 0 Å². The third kappa shape index (κ3) is 6.41. The van der Waals surface area contributed by atoms with Crippen molar-refractivity contribution in [3.63, 3.8) is 0 Å². The van der Waals surface area contributed by atoms with Crippen LogP contribution >= 0.6 is 0 Å². The summed E-state index contributed by atoms with van der Waals surface area (Å²) in [7, 11) is 0. The topological polar surface area (TPSA) is 26.3 Å². The molecule has 0 aromatic carbocycles. The third-order valence-electron chi connectivity index (χ3n) is 0.450. The standard InChI is InChI=1S/C4H7O2.Hg/c1-3-6-4(2)5;/h1,3H2,2H3;. The molecule has 0 fully saturated rings. The van der Waals surface area contributed by atoms with E-state index in [0.29, 0.717) is 6.61 Å². The van der Waals surface area contributed by atoms with E-state index in [2.05, 4.69) is 4.74 Å². The quantitative estimate of drug-likeness (QED) is 0.547. The molecule has 0 rings (SSSR count). The van der Waals surface area contributed by atoms with Gasteiger partial charge in [-0.15, -0.1) is 0 Å². The van der Waals surface area contributed by atoms with Crippen LogP contribution in [0, 0.1) is 0 Å². The third-order valence-corrected chi connectivity index (χ3v) is 1.57. The number of carbonyl (C=O) groups is 1. The second-order valence-electron chi connectivity index (χ2n) is 1.19. The summed E-state index contributed by atoms with van der Waals surface area (Å²) in [5.74, 6) is -0.162. The molecule has 0 saturated heterocycles. The van der Waals surface area contributed by atoms with E-state index in [9.17, 15) is 4.79 Å². The van der Waals surface area contributed by atoms with E-state index < -0.39 is 0 Å². The van der Waals surface area contributed by atoms with Gasteiger partial charge in [-0.2, -0.15) is 0 Å². The first-order valence-electron chi connectivity index (χ1n) is 2.20. The van der Waals surface area contributed by atoms with Gasteiger partial charge in [0.15, 0.2) is 0 Å². The van der Waals surface area contributed by atoms with Gasteiger partial charge in [-0.3, -0.25) is 0 Å². The molecule has 0 aromatic heterocycles. The minimum atomic E-state index is -0.162. The number of hydrogen-bond acceptors (Lipinski definition) is 2. The van der Waals surface area contributed by atoms with Gasteiger partial charge < -0.3 is 0 Å². The van der Waals surface area contributed by atoms with E-state index in [1.165, 1.54) is 6.92 Å². The summed E-state index contributed by atoms with van der Waals surface area (Å²) in [5.41, 5.74) is 0. The van der Waals surface area contributed by atoms with Crippen molar-refractivity contribution in [3.8, 4) is 0 Å². The monoisotopic (exact) mass is 289 g/mol. The summed E-state index contributed by atoms with van der Waals surface area (Å²) >= 11 is 0.780. The Morgan fingerprint density at radius 1 is 1.86 bits per heavy atom. The number of ether oxygens (including phenoxy) is 1. The Balaban J connectivity index is 2.82. The van der Waals surface area contributed by atoms with Crippen LogP contribution in [0.5, 0.6) is 0 Å². The Labute approximate surface area is 59.2 Å². The van der Waals surface area contributed by atoms with Crippen LogP contribution in [-0.4, -0.2) is 12.6 Å². The number of esters is 1. The van der Waals surface area contributed by atoms with E-state index in [0.717, 1.165) is 30.1 Å². The van der Waals surface area contributed by atoms with E-state index in [-0.39, 0.29) is 5.97 Å². The molecule has 0 spiro atoms. The molecule has 0 unspecified atom stereocenters. The molecule has 0 saturated carbocycles. The Hall–Kier alpha value is 0.405. The van der Waals surface area contributed by atoms with Crippen LogP contribution in [0.25, 0.3) is 0 Å². The summed E-state index contributed by atoms with van der Waals surface area (Å²) in [6, 6.07) is 0. The second-order valence-corrected chi connectivity index (χ2v) is 3.94. The van der Waals surface area contributed by atoms with Crippen molar-refractivity contribution >= 4 is 5.97 Å². The van der Waals surface area contributed by atoms with Gasteiger partial charge in [0.05, 0.1) is 0 Å². The average molecular weight is 288 g/mol. The average Bonchev–Trinajstić information content (AvgIpc) is 1.61. The Morgan fingerprint density at radius 3 is 2.57 bits per heavy atom. The molecule has 2 nitrogen and oxygen atoms in total. The van der Waals surface area contributed by atoms with Gasteiger partial charge in [0.2, 0.25) is 0 Å². The van der Waals surface area contributed by atoms with Gasteiger partial charge in [-0.05, 0) is 0 Å². The molecule has 0 aliphatic carbocycles. The molecule has 0 N–H and O–H groups in total. The van der Waals surface area contributed by atoms with Crippen LogP contribution in [0.1, 0.15) is 6.92 Å². The molecule has 0 radical (unpaired) electrons. The zero-order valence-corrected chi connectivity index (χ0v) is 9.94. The molecule has 3 heteroatoms. The maximum absolute atomic E-state index is 10.0. The zero-order valence-electron chi connectivity index (χ0n) is 4.44. The van der Waals surface area contributed by atoms with Crippen LogP contribution in [-0.2, 0) is 35.7 Å². The molecule has 0 atom stereocenters. The van der Waals surface area contributed by atoms with Crippen LogP contribution in [0.15, 0.2) is 0 Å². The fraction of sp³-hybridized carbons (Fsp3) is 0.750. The Kier molecular flexibility index (Phi) is 4.83. The van der Waals surface area contributed by atoms with Gasteiger partial charge in [0.1, 0.15) is 0 Å². The predicted molar refractivity (Wildman–Crippen MR) is 21.4 cm³/mol. The molecule has 7 heavy (non-hydrogen) atoms. The predicted octanol–water partition coefficient (Wildman–Crippen LogP) is 0.515. The SMILES string of the molecule is CC(=O)OC[CH2][Hg]. The van der Waals surface area contributed by atoms with Crippen molar-refractivity contribution in [3.05, 3.63) is 0 Å². The number of hydrogen-bond donors (Lipinski definition) is 0. The summed E-state index contributed by atoms with van der Waals surface area (Å²) in [6.07, 6.45) is 0. The van der Waals surface area contributed by atoms with Gasteiger partial charge >= 0.3 is 59.1 Å². The first-order valence-corrected chi connectivity index (χ1v) is 6.08. The van der Waals surface area contributed by atoms with E-state index >= 15 is 0 Å². The molecule has 0 heterocycles. The van der Waals surface area contributed by atoms with Crippen molar-refractivity contribution in [2.24, 2.45) is 0 Å². The first kappa shape index (κ1) is 7.41. The van der Waals surface area contributed by atoms with Crippen molar-refractivity contribution < 1.29 is 35.7 Å². The maximum atomic E-state index is 10.0. The van der Waals surface area contributed by atoms with Gasteiger partial charge in [-0.1, -0.05) is 0 Å². The molecule has 0 aromatic rings. The van der Waals surface area contributed by atoms with Crippen molar-refractivity contribution in [1.29, 1.82) is 0 Å². The number of rotatable bonds is 2. The first-order chi connectivity index (χ1) is 3.27. The van der Waals surface area contributed by atoms with Crippen LogP contribution < -0.4 is 0 Å². The molecule has 0 bridgehead atoms. The summed E-state index contributed by atoms with van der Waals surface area (Å²) < 4.78 is 5.70. The van der Waals surface area contributed by atoms with Crippen molar-refractivity contribution in [2.45, 2.75) is 10.9 Å². The van der Waals surface area contributed by atoms with Crippen molar-refractivity contribution in [1.82, 2.24) is 0 Å². The minimum absolute atomic E-state index is 0.162. The van der Waals surface area contributed by atoms with Crippen LogP contribution in [0.4, 0.5) is 0 Å². The second kappa shape index (κ2) is 4.56. The molecule has 0 aliphatic rings. The van der Waals surface area contributed by atoms with Crippen LogP contribution in [0.3, 0.4) is 0 Å². The van der Waals surface area contributed by atoms with Crippen molar-refractivity contribution in [2.75, 3.05) is 6.61 Å². The molecular weight excluding hydrogens is 281 g/mol. The van der Waals surface area contributed by atoms with Crippen LogP contribution in [0.2, 0.25) is 3.93 Å². The fourth-order valence-corrected chi connectivity index (χ4v) is 0.777. The fourth-order valence-electron chi connectivity index (χ4n) is 0.216. The zero-order chi connectivity index (χ0) is 5.70. The normalized spacial score (nSPS) is 8.43. The molecule has 0 amide bonds. The van der Waals surface area contributed by atoms with Gasteiger partial charge in [-0.25, -0.2) is 0 Å². The molecular formula is C4H7HgO2. The summed E-state index contributed by atoms with van der Waals surface area (Å²) in [4.78, 5) is 10.0. The summed E-state index contributed by atoms with van der Waals surface area (Å²) in [5, 5.41) is 0. The van der Waals surface area contributed by atoms with E-state index in [1.54, 1.807) is 0 Å². The molecule has 0 aliphatic heterocycles. The Bertz CT molecular complexity index is 62.7. The van der Waals surface area contributed by atoms with Gasteiger partial charge in [0.25, 0.3) is 0 Å². The number of carbonyl (C=O) groups excluding carboxylic acids is 1. The Morgan fingerprint density at radius 2 is 2.43 bits per heavy atom. The van der Waals surface area contributed by atoms with E-state index in [4.69, 9.17) is 0 Å². The molecule has 37 valence electrons. The summed E-state index contributed by atoms with van der Waals surface area (Å²) in [6.45, 7) is 2.07. The van der Waals surface area contributed by atoms with E-state index in [1.807, 2.05) is 0 Å².